The van der Waals surface area contributed by atoms with Gasteiger partial charge in [0.2, 0.25) is 5.91 Å². The molecule has 2 unspecified atom stereocenters. The van der Waals surface area contributed by atoms with Crippen LogP contribution in [0.3, 0.4) is 0 Å². The van der Waals surface area contributed by atoms with Crippen molar-refractivity contribution in [3.63, 3.8) is 0 Å². The summed E-state index contributed by atoms with van der Waals surface area (Å²) in [4.78, 5) is 24.4. The molecule has 3 N–H and O–H groups in total. The average Bonchev–Trinajstić information content (AvgIpc) is 2.62. The third-order valence-corrected chi connectivity index (χ3v) is 3.86. The number of aliphatic hydroxyl groups excluding tert-OH is 1. The molecule has 5 heteroatoms. The SMILES string of the molecule is CC(CC(=O)NC(CCO)c1ccccc1)NC(=O)c1ccccc1. The zero-order valence-electron chi connectivity index (χ0n) is 14.3. The van der Waals surface area contributed by atoms with E-state index in [0.29, 0.717) is 12.0 Å². The van der Waals surface area contributed by atoms with Gasteiger partial charge in [0.1, 0.15) is 0 Å². The third kappa shape index (κ3) is 6.04. The van der Waals surface area contributed by atoms with Crippen LogP contribution in [0.4, 0.5) is 0 Å². The van der Waals surface area contributed by atoms with E-state index < -0.39 is 0 Å². The Labute approximate surface area is 148 Å². The molecule has 0 bridgehead atoms. The Morgan fingerprint density at radius 1 is 0.960 bits per heavy atom. The first-order valence-corrected chi connectivity index (χ1v) is 8.41. The maximum absolute atomic E-state index is 12.3. The van der Waals surface area contributed by atoms with Gasteiger partial charge in [-0.3, -0.25) is 9.59 Å². The quantitative estimate of drug-likeness (QED) is 0.691. The minimum Gasteiger partial charge on any atom is -0.396 e. The Hall–Kier alpha value is -2.66. The number of amides is 2. The monoisotopic (exact) mass is 340 g/mol. The smallest absolute Gasteiger partial charge is 0.251 e. The molecule has 0 spiro atoms. The number of carbonyl (C=O) groups is 2. The molecular weight excluding hydrogens is 316 g/mol. The standard InChI is InChI=1S/C20H24N2O3/c1-15(21-20(25)17-10-6-3-7-11-17)14-19(24)22-18(12-13-23)16-8-4-2-5-9-16/h2-11,15,18,23H,12-14H2,1H3,(H,21,25)(H,22,24). The van der Waals surface area contributed by atoms with E-state index in [4.69, 9.17) is 0 Å². The van der Waals surface area contributed by atoms with Crippen molar-refractivity contribution in [3.05, 3.63) is 71.8 Å². The number of nitrogens with one attached hydrogen (secondary N) is 2. The van der Waals surface area contributed by atoms with Gasteiger partial charge in [-0.2, -0.15) is 0 Å². The molecule has 2 atom stereocenters. The van der Waals surface area contributed by atoms with E-state index in [1.807, 2.05) is 36.4 Å². The van der Waals surface area contributed by atoms with E-state index in [2.05, 4.69) is 10.6 Å². The summed E-state index contributed by atoms with van der Waals surface area (Å²) < 4.78 is 0. The van der Waals surface area contributed by atoms with Gasteiger partial charge < -0.3 is 15.7 Å². The molecule has 2 amide bonds. The van der Waals surface area contributed by atoms with E-state index in [1.165, 1.54) is 0 Å². The van der Waals surface area contributed by atoms with Gasteiger partial charge in [-0.05, 0) is 31.0 Å². The molecule has 2 aromatic rings. The lowest BCUT2D eigenvalue weighted by molar-refractivity contribution is -0.122. The second-order valence-electron chi connectivity index (χ2n) is 5.99. The average molecular weight is 340 g/mol. The first kappa shape index (κ1) is 18.7. The summed E-state index contributed by atoms with van der Waals surface area (Å²) in [5.41, 5.74) is 1.52. The molecule has 0 heterocycles. The maximum atomic E-state index is 12.3. The van der Waals surface area contributed by atoms with Crippen LogP contribution >= 0.6 is 0 Å². The Morgan fingerprint density at radius 3 is 2.16 bits per heavy atom. The van der Waals surface area contributed by atoms with E-state index in [9.17, 15) is 14.7 Å². The number of aliphatic hydroxyl groups is 1. The normalized spacial score (nSPS) is 12.9. The van der Waals surface area contributed by atoms with Crippen molar-refractivity contribution in [1.29, 1.82) is 0 Å². The second-order valence-corrected chi connectivity index (χ2v) is 5.99. The zero-order chi connectivity index (χ0) is 18.1. The molecule has 0 saturated carbocycles. The Kier molecular flexibility index (Phi) is 7.16. The zero-order valence-corrected chi connectivity index (χ0v) is 14.3. The largest absolute Gasteiger partial charge is 0.396 e. The number of hydrogen-bond donors (Lipinski definition) is 3. The predicted molar refractivity (Wildman–Crippen MR) is 97.0 cm³/mol. The Bertz CT molecular complexity index is 674. The molecule has 0 aliphatic rings. The summed E-state index contributed by atoms with van der Waals surface area (Å²) in [6, 6.07) is 17.9. The van der Waals surface area contributed by atoms with Crippen LogP contribution < -0.4 is 10.6 Å². The van der Waals surface area contributed by atoms with Crippen molar-refractivity contribution < 1.29 is 14.7 Å². The molecule has 2 aromatic carbocycles. The number of carbonyl (C=O) groups excluding carboxylic acids is 2. The van der Waals surface area contributed by atoms with Gasteiger partial charge in [-0.15, -0.1) is 0 Å². The van der Waals surface area contributed by atoms with Crippen LogP contribution in [-0.2, 0) is 4.79 Å². The van der Waals surface area contributed by atoms with Gasteiger partial charge in [0.15, 0.2) is 0 Å². The molecule has 0 radical (unpaired) electrons. The van der Waals surface area contributed by atoms with Crippen LogP contribution in [0.1, 0.15) is 41.7 Å². The summed E-state index contributed by atoms with van der Waals surface area (Å²) in [6.45, 7) is 1.78. The highest BCUT2D eigenvalue weighted by Crippen LogP contribution is 2.16. The highest BCUT2D eigenvalue weighted by Gasteiger charge is 2.17. The van der Waals surface area contributed by atoms with Gasteiger partial charge in [0.25, 0.3) is 5.91 Å². The van der Waals surface area contributed by atoms with Crippen molar-refractivity contribution in [2.45, 2.75) is 31.8 Å². The molecule has 25 heavy (non-hydrogen) atoms. The topological polar surface area (TPSA) is 78.4 Å². The Balaban J connectivity index is 1.88. The first-order chi connectivity index (χ1) is 12.1. The van der Waals surface area contributed by atoms with Gasteiger partial charge in [0, 0.05) is 24.6 Å². The molecule has 0 saturated heterocycles. The number of hydrogen-bond acceptors (Lipinski definition) is 3. The van der Waals surface area contributed by atoms with Gasteiger partial charge in [-0.25, -0.2) is 0 Å². The lowest BCUT2D eigenvalue weighted by Crippen LogP contribution is -2.38. The summed E-state index contributed by atoms with van der Waals surface area (Å²) in [5.74, 6) is -0.362. The molecule has 0 aliphatic heterocycles. The van der Waals surface area contributed by atoms with Gasteiger partial charge in [0.05, 0.1) is 6.04 Å². The van der Waals surface area contributed by atoms with Gasteiger partial charge in [-0.1, -0.05) is 48.5 Å². The van der Waals surface area contributed by atoms with Crippen molar-refractivity contribution >= 4 is 11.8 Å². The molecular formula is C20H24N2O3. The maximum Gasteiger partial charge on any atom is 0.251 e. The van der Waals surface area contributed by atoms with Crippen LogP contribution in [0.25, 0.3) is 0 Å². The molecule has 132 valence electrons. The molecule has 0 aliphatic carbocycles. The summed E-state index contributed by atoms with van der Waals surface area (Å²) >= 11 is 0. The second kappa shape index (κ2) is 9.59. The predicted octanol–water partition coefficient (Wildman–Crippen LogP) is 2.43. The number of benzene rings is 2. The molecule has 0 aromatic heterocycles. The van der Waals surface area contributed by atoms with E-state index >= 15 is 0 Å². The highest BCUT2D eigenvalue weighted by molar-refractivity contribution is 5.94. The summed E-state index contributed by atoms with van der Waals surface area (Å²) in [6.07, 6.45) is 0.619. The van der Waals surface area contributed by atoms with Crippen LogP contribution in [0.2, 0.25) is 0 Å². The van der Waals surface area contributed by atoms with Crippen molar-refractivity contribution in [3.8, 4) is 0 Å². The van der Waals surface area contributed by atoms with Crippen molar-refractivity contribution in [2.24, 2.45) is 0 Å². The fourth-order valence-corrected chi connectivity index (χ4v) is 2.62. The summed E-state index contributed by atoms with van der Waals surface area (Å²) in [5, 5.41) is 15.0. The van der Waals surface area contributed by atoms with E-state index in [-0.39, 0.29) is 36.9 Å². The van der Waals surface area contributed by atoms with E-state index in [0.717, 1.165) is 5.56 Å². The third-order valence-electron chi connectivity index (χ3n) is 3.86. The van der Waals surface area contributed by atoms with Crippen molar-refractivity contribution in [1.82, 2.24) is 10.6 Å². The summed E-state index contributed by atoms with van der Waals surface area (Å²) in [7, 11) is 0. The Morgan fingerprint density at radius 2 is 1.56 bits per heavy atom. The molecule has 5 nitrogen and oxygen atoms in total. The lowest BCUT2D eigenvalue weighted by Gasteiger charge is -2.20. The molecule has 2 rings (SSSR count). The fourth-order valence-electron chi connectivity index (χ4n) is 2.62. The van der Waals surface area contributed by atoms with Crippen LogP contribution in [0, 0.1) is 0 Å². The number of rotatable bonds is 8. The first-order valence-electron chi connectivity index (χ1n) is 8.41. The minimum atomic E-state index is -0.293. The minimum absolute atomic E-state index is 0.0138. The van der Waals surface area contributed by atoms with Crippen LogP contribution in [-0.4, -0.2) is 29.6 Å². The lowest BCUT2D eigenvalue weighted by atomic mass is 10.0. The fraction of sp³-hybridized carbons (Fsp3) is 0.300. The van der Waals surface area contributed by atoms with E-state index in [1.54, 1.807) is 31.2 Å². The van der Waals surface area contributed by atoms with Gasteiger partial charge >= 0.3 is 0 Å². The van der Waals surface area contributed by atoms with Crippen molar-refractivity contribution in [2.75, 3.05) is 6.61 Å². The van der Waals surface area contributed by atoms with Crippen LogP contribution in [0.5, 0.6) is 0 Å². The van der Waals surface area contributed by atoms with Crippen LogP contribution in [0.15, 0.2) is 60.7 Å². The highest BCUT2D eigenvalue weighted by atomic mass is 16.3. The molecule has 0 fully saturated rings.